The molecule has 106 valence electrons. The summed E-state index contributed by atoms with van der Waals surface area (Å²) in [4.78, 5) is 11.3. The standard InChI is InChI=1S/C14H22N2O3/c1-4-8-18-10(3)19-13-7-6-11(9-12(13)15)16-14(17)5-2/h6-7,9-10H,4-5,8,15H2,1-3H3,(H,16,17). The van der Waals surface area contributed by atoms with E-state index in [-0.39, 0.29) is 12.2 Å². The molecule has 1 amide bonds. The van der Waals surface area contributed by atoms with Crippen molar-refractivity contribution in [3.8, 4) is 5.75 Å². The van der Waals surface area contributed by atoms with Crippen molar-refractivity contribution >= 4 is 17.3 Å². The normalized spacial score (nSPS) is 11.9. The van der Waals surface area contributed by atoms with Gasteiger partial charge in [-0.05, 0) is 31.5 Å². The van der Waals surface area contributed by atoms with Crippen LogP contribution in [0.5, 0.6) is 5.75 Å². The number of carbonyl (C=O) groups is 1. The molecule has 0 aromatic heterocycles. The number of ether oxygens (including phenoxy) is 2. The van der Waals surface area contributed by atoms with Gasteiger partial charge in [0.1, 0.15) is 5.75 Å². The molecule has 0 radical (unpaired) electrons. The van der Waals surface area contributed by atoms with Crippen LogP contribution < -0.4 is 15.8 Å². The van der Waals surface area contributed by atoms with Crippen LogP contribution in [-0.4, -0.2) is 18.8 Å². The second-order valence-electron chi connectivity index (χ2n) is 4.21. The number of anilines is 2. The average molecular weight is 266 g/mol. The van der Waals surface area contributed by atoms with E-state index in [1.165, 1.54) is 0 Å². The number of carbonyl (C=O) groups excluding carboxylic acids is 1. The number of rotatable bonds is 7. The molecule has 0 saturated heterocycles. The number of benzene rings is 1. The molecule has 1 unspecified atom stereocenters. The Morgan fingerprint density at radius 2 is 2.16 bits per heavy atom. The third-order valence-electron chi connectivity index (χ3n) is 2.46. The van der Waals surface area contributed by atoms with Gasteiger partial charge in [-0.1, -0.05) is 13.8 Å². The largest absolute Gasteiger partial charge is 0.463 e. The number of nitrogens with one attached hydrogen (secondary N) is 1. The molecule has 19 heavy (non-hydrogen) atoms. The molecule has 0 aliphatic carbocycles. The smallest absolute Gasteiger partial charge is 0.224 e. The molecule has 1 aromatic carbocycles. The van der Waals surface area contributed by atoms with E-state index in [2.05, 4.69) is 5.32 Å². The zero-order chi connectivity index (χ0) is 14.3. The van der Waals surface area contributed by atoms with Gasteiger partial charge in [0.2, 0.25) is 5.91 Å². The molecule has 5 nitrogen and oxygen atoms in total. The Bertz CT molecular complexity index is 421. The van der Waals surface area contributed by atoms with Crippen molar-refractivity contribution in [2.75, 3.05) is 17.7 Å². The molecular weight excluding hydrogens is 244 g/mol. The first kappa shape index (κ1) is 15.3. The Kier molecular flexibility index (Phi) is 6.15. The number of hydrogen-bond donors (Lipinski definition) is 2. The maximum absolute atomic E-state index is 11.3. The maximum Gasteiger partial charge on any atom is 0.224 e. The van der Waals surface area contributed by atoms with E-state index in [9.17, 15) is 4.79 Å². The third-order valence-corrected chi connectivity index (χ3v) is 2.46. The van der Waals surface area contributed by atoms with Crippen LogP contribution in [-0.2, 0) is 9.53 Å². The lowest BCUT2D eigenvalue weighted by Gasteiger charge is -2.17. The average Bonchev–Trinajstić information content (AvgIpc) is 2.39. The Labute approximate surface area is 114 Å². The number of hydrogen-bond acceptors (Lipinski definition) is 4. The summed E-state index contributed by atoms with van der Waals surface area (Å²) in [6.45, 7) is 6.29. The molecule has 1 aromatic rings. The van der Waals surface area contributed by atoms with Crippen LogP contribution in [0.25, 0.3) is 0 Å². The molecule has 1 rings (SSSR count). The summed E-state index contributed by atoms with van der Waals surface area (Å²) >= 11 is 0. The van der Waals surface area contributed by atoms with Crippen LogP contribution in [0.2, 0.25) is 0 Å². The predicted octanol–water partition coefficient (Wildman–Crippen LogP) is 2.77. The first-order chi connectivity index (χ1) is 9.06. The Morgan fingerprint density at radius 1 is 1.42 bits per heavy atom. The van der Waals surface area contributed by atoms with Crippen LogP contribution in [0.15, 0.2) is 18.2 Å². The van der Waals surface area contributed by atoms with Gasteiger partial charge in [-0.2, -0.15) is 0 Å². The van der Waals surface area contributed by atoms with E-state index in [0.717, 1.165) is 6.42 Å². The van der Waals surface area contributed by atoms with Crippen molar-refractivity contribution in [1.29, 1.82) is 0 Å². The minimum absolute atomic E-state index is 0.0484. The van der Waals surface area contributed by atoms with Crippen LogP contribution >= 0.6 is 0 Å². The minimum Gasteiger partial charge on any atom is -0.463 e. The lowest BCUT2D eigenvalue weighted by Crippen LogP contribution is -2.17. The summed E-state index contributed by atoms with van der Waals surface area (Å²) in [7, 11) is 0. The van der Waals surface area contributed by atoms with Crippen LogP contribution in [0, 0.1) is 0 Å². The van der Waals surface area contributed by atoms with Crippen LogP contribution in [0.4, 0.5) is 11.4 Å². The fraction of sp³-hybridized carbons (Fsp3) is 0.500. The van der Waals surface area contributed by atoms with Crippen molar-refractivity contribution in [2.45, 2.75) is 39.9 Å². The fourth-order valence-corrected chi connectivity index (χ4v) is 1.48. The van der Waals surface area contributed by atoms with Crippen molar-refractivity contribution in [3.05, 3.63) is 18.2 Å². The lowest BCUT2D eigenvalue weighted by atomic mass is 10.2. The molecule has 0 bridgehead atoms. The second kappa shape index (κ2) is 7.63. The van der Waals surface area contributed by atoms with Crippen molar-refractivity contribution in [3.63, 3.8) is 0 Å². The number of nitrogen functional groups attached to an aromatic ring is 1. The molecule has 0 saturated carbocycles. The summed E-state index contributed by atoms with van der Waals surface area (Å²) in [6.07, 6.45) is 1.02. The molecule has 3 N–H and O–H groups in total. The summed E-state index contributed by atoms with van der Waals surface area (Å²) in [5, 5.41) is 2.74. The summed E-state index contributed by atoms with van der Waals surface area (Å²) < 4.78 is 11.0. The van der Waals surface area contributed by atoms with E-state index < -0.39 is 0 Å². The van der Waals surface area contributed by atoms with Crippen LogP contribution in [0.1, 0.15) is 33.6 Å². The molecule has 1 atom stereocenters. The number of nitrogens with two attached hydrogens (primary N) is 1. The second-order valence-corrected chi connectivity index (χ2v) is 4.21. The molecule has 0 heterocycles. The molecule has 5 heteroatoms. The zero-order valence-corrected chi connectivity index (χ0v) is 11.7. The summed E-state index contributed by atoms with van der Waals surface area (Å²) in [6, 6.07) is 5.16. The lowest BCUT2D eigenvalue weighted by molar-refractivity contribution is -0.115. The van der Waals surface area contributed by atoms with Gasteiger partial charge in [-0.3, -0.25) is 4.79 Å². The molecule has 0 aliphatic rings. The first-order valence-electron chi connectivity index (χ1n) is 6.54. The summed E-state index contributed by atoms with van der Waals surface area (Å²) in [5.74, 6) is 0.505. The van der Waals surface area contributed by atoms with Gasteiger partial charge >= 0.3 is 0 Å². The Morgan fingerprint density at radius 3 is 2.74 bits per heavy atom. The van der Waals surface area contributed by atoms with Gasteiger partial charge in [0.15, 0.2) is 6.29 Å². The number of amides is 1. The SMILES string of the molecule is CCCOC(C)Oc1ccc(NC(=O)CC)cc1N. The highest BCUT2D eigenvalue weighted by Crippen LogP contribution is 2.26. The van der Waals surface area contributed by atoms with Crippen molar-refractivity contribution in [2.24, 2.45) is 0 Å². The Balaban J connectivity index is 2.64. The topological polar surface area (TPSA) is 73.6 Å². The molecule has 0 fully saturated rings. The van der Waals surface area contributed by atoms with Crippen LogP contribution in [0.3, 0.4) is 0 Å². The minimum atomic E-state index is -0.349. The van der Waals surface area contributed by atoms with E-state index in [1.807, 2.05) is 13.8 Å². The maximum atomic E-state index is 11.3. The highest BCUT2D eigenvalue weighted by molar-refractivity contribution is 5.91. The Hall–Kier alpha value is -1.75. The first-order valence-corrected chi connectivity index (χ1v) is 6.54. The molecular formula is C14H22N2O3. The van der Waals surface area contributed by atoms with Gasteiger partial charge in [0.05, 0.1) is 12.3 Å². The van der Waals surface area contributed by atoms with Gasteiger partial charge in [0, 0.05) is 12.1 Å². The summed E-state index contributed by atoms with van der Waals surface area (Å²) in [5.41, 5.74) is 7.02. The monoisotopic (exact) mass is 266 g/mol. The van der Waals surface area contributed by atoms with E-state index in [1.54, 1.807) is 25.1 Å². The van der Waals surface area contributed by atoms with Gasteiger partial charge < -0.3 is 20.5 Å². The highest BCUT2D eigenvalue weighted by Gasteiger charge is 2.08. The van der Waals surface area contributed by atoms with Gasteiger partial charge in [0.25, 0.3) is 0 Å². The highest BCUT2D eigenvalue weighted by atomic mass is 16.7. The fourth-order valence-electron chi connectivity index (χ4n) is 1.48. The van der Waals surface area contributed by atoms with E-state index in [0.29, 0.717) is 30.2 Å². The third kappa shape index (κ3) is 5.18. The van der Waals surface area contributed by atoms with E-state index >= 15 is 0 Å². The molecule has 0 aliphatic heterocycles. The van der Waals surface area contributed by atoms with Gasteiger partial charge in [-0.15, -0.1) is 0 Å². The van der Waals surface area contributed by atoms with Crippen molar-refractivity contribution in [1.82, 2.24) is 0 Å². The van der Waals surface area contributed by atoms with E-state index in [4.69, 9.17) is 15.2 Å². The van der Waals surface area contributed by atoms with Crippen molar-refractivity contribution < 1.29 is 14.3 Å². The quantitative estimate of drug-likeness (QED) is 0.588. The zero-order valence-electron chi connectivity index (χ0n) is 11.7. The molecule has 0 spiro atoms. The predicted molar refractivity (Wildman–Crippen MR) is 76.1 cm³/mol. The van der Waals surface area contributed by atoms with Gasteiger partial charge in [-0.25, -0.2) is 0 Å².